The molecule has 1 aliphatic rings. The van der Waals surface area contributed by atoms with Crippen LogP contribution in [-0.2, 0) is 4.79 Å². The second-order valence-electron chi connectivity index (χ2n) is 6.20. The quantitative estimate of drug-likeness (QED) is 0.648. The number of carbonyl (C=O) groups excluding carboxylic acids is 1. The van der Waals surface area contributed by atoms with Crippen LogP contribution >= 0.6 is 12.2 Å². The molecule has 1 heterocycles. The largest absolute Gasteiger partial charge is 0.496 e. The summed E-state index contributed by atoms with van der Waals surface area (Å²) in [6.07, 6.45) is 0. The van der Waals surface area contributed by atoms with E-state index in [1.54, 1.807) is 7.11 Å². The van der Waals surface area contributed by atoms with E-state index < -0.39 is 6.04 Å². The minimum atomic E-state index is -0.441. The number of para-hydroxylation sites is 3. The molecular formula is C21H23N3O3S. The van der Waals surface area contributed by atoms with Gasteiger partial charge in [-0.15, -0.1) is 0 Å². The van der Waals surface area contributed by atoms with E-state index >= 15 is 0 Å². The fourth-order valence-electron chi connectivity index (χ4n) is 3.17. The number of allylic oxidation sites excluding steroid dienone is 1. The summed E-state index contributed by atoms with van der Waals surface area (Å²) in [5, 5.41) is 9.64. The highest BCUT2D eigenvalue weighted by atomic mass is 32.1. The van der Waals surface area contributed by atoms with Gasteiger partial charge < -0.3 is 25.4 Å². The molecule has 1 atom stereocenters. The summed E-state index contributed by atoms with van der Waals surface area (Å²) in [6, 6.07) is 14.5. The van der Waals surface area contributed by atoms with E-state index in [0.717, 1.165) is 5.56 Å². The van der Waals surface area contributed by atoms with Crippen molar-refractivity contribution in [1.29, 1.82) is 0 Å². The second kappa shape index (κ2) is 8.75. The van der Waals surface area contributed by atoms with Gasteiger partial charge in [0.05, 0.1) is 31.0 Å². The Morgan fingerprint density at radius 2 is 1.82 bits per heavy atom. The molecule has 28 heavy (non-hydrogen) atoms. The molecule has 1 amide bonds. The lowest BCUT2D eigenvalue weighted by atomic mass is 9.94. The molecule has 0 aromatic heterocycles. The summed E-state index contributed by atoms with van der Waals surface area (Å²) in [7, 11) is 1.60. The Balaban J connectivity index is 1.98. The fourth-order valence-corrected chi connectivity index (χ4v) is 3.44. The SMILES string of the molecule is CCOc1ccccc1NC(=O)C1=C(C)NC(=S)N[C@H]1c1ccccc1OC. The van der Waals surface area contributed by atoms with Gasteiger partial charge in [-0.1, -0.05) is 30.3 Å². The van der Waals surface area contributed by atoms with E-state index in [0.29, 0.717) is 40.2 Å². The van der Waals surface area contributed by atoms with E-state index in [4.69, 9.17) is 21.7 Å². The average molecular weight is 398 g/mol. The molecule has 3 N–H and O–H groups in total. The smallest absolute Gasteiger partial charge is 0.255 e. The number of carbonyl (C=O) groups is 1. The second-order valence-corrected chi connectivity index (χ2v) is 6.60. The molecule has 1 aliphatic heterocycles. The number of rotatable bonds is 6. The van der Waals surface area contributed by atoms with Gasteiger partial charge >= 0.3 is 0 Å². The topological polar surface area (TPSA) is 71.6 Å². The standard InChI is InChI=1S/C21H23N3O3S/c1-4-27-17-12-8-6-10-15(17)23-20(25)18-13(2)22-21(28)24-19(18)14-9-5-7-11-16(14)26-3/h5-12,19H,4H2,1-3H3,(H,23,25)(H2,22,24,28)/t19-/m0/s1. The molecule has 2 aromatic rings. The first-order valence-corrected chi connectivity index (χ1v) is 9.40. The van der Waals surface area contributed by atoms with Gasteiger partial charge in [0.2, 0.25) is 0 Å². The van der Waals surface area contributed by atoms with Crippen LogP contribution in [0.1, 0.15) is 25.5 Å². The van der Waals surface area contributed by atoms with Crippen LogP contribution in [-0.4, -0.2) is 24.7 Å². The van der Waals surface area contributed by atoms with Crippen LogP contribution < -0.4 is 25.4 Å². The molecule has 0 saturated heterocycles. The van der Waals surface area contributed by atoms with Gasteiger partial charge in [0.15, 0.2) is 5.11 Å². The average Bonchev–Trinajstić information content (AvgIpc) is 2.69. The van der Waals surface area contributed by atoms with Crippen molar-refractivity contribution in [2.24, 2.45) is 0 Å². The van der Waals surface area contributed by atoms with Crippen molar-refractivity contribution in [1.82, 2.24) is 10.6 Å². The van der Waals surface area contributed by atoms with Crippen LogP contribution in [0.4, 0.5) is 5.69 Å². The van der Waals surface area contributed by atoms with Crippen molar-refractivity contribution < 1.29 is 14.3 Å². The summed E-state index contributed by atoms with van der Waals surface area (Å²) >= 11 is 5.31. The molecule has 0 spiro atoms. The number of benzene rings is 2. The number of methoxy groups -OCH3 is 1. The molecule has 6 nitrogen and oxygen atoms in total. The monoisotopic (exact) mass is 397 g/mol. The third kappa shape index (κ3) is 4.09. The highest BCUT2D eigenvalue weighted by Gasteiger charge is 2.32. The predicted molar refractivity (Wildman–Crippen MR) is 114 cm³/mol. The maximum Gasteiger partial charge on any atom is 0.255 e. The predicted octanol–water partition coefficient (Wildman–Crippen LogP) is 3.53. The molecule has 3 rings (SSSR count). The van der Waals surface area contributed by atoms with Gasteiger partial charge in [-0.3, -0.25) is 4.79 Å². The van der Waals surface area contributed by atoms with Gasteiger partial charge in [0, 0.05) is 11.3 Å². The summed E-state index contributed by atoms with van der Waals surface area (Å²) < 4.78 is 11.1. The lowest BCUT2D eigenvalue weighted by molar-refractivity contribution is -0.113. The van der Waals surface area contributed by atoms with Crippen LogP contribution in [0.3, 0.4) is 0 Å². The van der Waals surface area contributed by atoms with Crippen LogP contribution in [0.5, 0.6) is 11.5 Å². The highest BCUT2D eigenvalue weighted by molar-refractivity contribution is 7.80. The van der Waals surface area contributed by atoms with E-state index in [-0.39, 0.29) is 5.91 Å². The Hall–Kier alpha value is -3.06. The van der Waals surface area contributed by atoms with Crippen LogP contribution in [0.2, 0.25) is 0 Å². The fraction of sp³-hybridized carbons (Fsp3) is 0.238. The number of amides is 1. The maximum absolute atomic E-state index is 13.2. The number of ether oxygens (including phenoxy) is 2. The Morgan fingerprint density at radius 1 is 1.14 bits per heavy atom. The number of anilines is 1. The normalized spacial score (nSPS) is 16.1. The third-order valence-corrected chi connectivity index (χ3v) is 4.62. The highest BCUT2D eigenvalue weighted by Crippen LogP contribution is 2.34. The van der Waals surface area contributed by atoms with Crippen LogP contribution in [0.25, 0.3) is 0 Å². The number of hydrogen-bond acceptors (Lipinski definition) is 4. The van der Waals surface area contributed by atoms with Gasteiger partial charge in [-0.25, -0.2) is 0 Å². The van der Waals surface area contributed by atoms with E-state index in [2.05, 4.69) is 16.0 Å². The Labute approximate surface area is 169 Å². The molecule has 0 aliphatic carbocycles. The Morgan fingerprint density at radius 3 is 2.54 bits per heavy atom. The summed E-state index contributed by atoms with van der Waals surface area (Å²) in [6.45, 7) is 4.24. The van der Waals surface area contributed by atoms with Crippen molar-refractivity contribution >= 4 is 28.9 Å². The van der Waals surface area contributed by atoms with E-state index in [1.165, 1.54) is 0 Å². The lowest BCUT2D eigenvalue weighted by Gasteiger charge is -2.31. The maximum atomic E-state index is 13.2. The first-order chi connectivity index (χ1) is 13.5. The molecule has 7 heteroatoms. The molecule has 0 saturated carbocycles. The van der Waals surface area contributed by atoms with Crippen molar-refractivity contribution in [2.75, 3.05) is 19.0 Å². The molecule has 146 valence electrons. The van der Waals surface area contributed by atoms with E-state index in [1.807, 2.05) is 62.4 Å². The minimum absolute atomic E-state index is 0.247. The Kier molecular flexibility index (Phi) is 6.16. The zero-order valence-corrected chi connectivity index (χ0v) is 16.9. The van der Waals surface area contributed by atoms with Crippen molar-refractivity contribution in [2.45, 2.75) is 19.9 Å². The summed E-state index contributed by atoms with van der Waals surface area (Å²) in [5.74, 6) is 1.05. The van der Waals surface area contributed by atoms with Gasteiger partial charge in [-0.2, -0.15) is 0 Å². The molecule has 0 unspecified atom stereocenters. The van der Waals surface area contributed by atoms with Crippen LogP contribution in [0, 0.1) is 0 Å². The first kappa shape index (κ1) is 19.7. The first-order valence-electron chi connectivity index (χ1n) is 8.99. The molecule has 2 aromatic carbocycles. The van der Waals surface area contributed by atoms with E-state index in [9.17, 15) is 4.79 Å². The summed E-state index contributed by atoms with van der Waals surface area (Å²) in [4.78, 5) is 13.2. The molecule has 0 fully saturated rings. The zero-order valence-electron chi connectivity index (χ0n) is 16.0. The van der Waals surface area contributed by atoms with Crippen LogP contribution in [0.15, 0.2) is 59.8 Å². The van der Waals surface area contributed by atoms with Crippen molar-refractivity contribution in [3.63, 3.8) is 0 Å². The van der Waals surface area contributed by atoms with Gasteiger partial charge in [0.1, 0.15) is 11.5 Å². The van der Waals surface area contributed by atoms with Crippen molar-refractivity contribution in [3.8, 4) is 11.5 Å². The number of nitrogens with one attached hydrogen (secondary N) is 3. The summed E-state index contributed by atoms with van der Waals surface area (Å²) in [5.41, 5.74) is 2.66. The number of hydrogen-bond donors (Lipinski definition) is 3. The molecular weight excluding hydrogens is 374 g/mol. The number of thiocarbonyl (C=S) groups is 1. The molecule has 0 bridgehead atoms. The third-order valence-electron chi connectivity index (χ3n) is 4.40. The van der Waals surface area contributed by atoms with Gasteiger partial charge in [0.25, 0.3) is 5.91 Å². The lowest BCUT2D eigenvalue weighted by Crippen LogP contribution is -2.45. The zero-order chi connectivity index (χ0) is 20.1. The minimum Gasteiger partial charge on any atom is -0.496 e. The molecule has 0 radical (unpaired) electrons. The van der Waals surface area contributed by atoms with Gasteiger partial charge in [-0.05, 0) is 44.3 Å². The van der Waals surface area contributed by atoms with Crippen molar-refractivity contribution in [3.05, 3.63) is 65.4 Å². The Bertz CT molecular complexity index is 927.